The van der Waals surface area contributed by atoms with Crippen LogP contribution in [-0.4, -0.2) is 38.3 Å². The van der Waals surface area contributed by atoms with E-state index in [4.69, 9.17) is 14.2 Å². The average molecular weight is 602 g/mol. The number of halogens is 9. The quantitative estimate of drug-likeness (QED) is 0.209. The number of hydrogen-bond acceptors (Lipinski definition) is 5. The summed E-state index contributed by atoms with van der Waals surface area (Å²) in [6.07, 6.45) is -6.82. The van der Waals surface area contributed by atoms with Crippen molar-refractivity contribution in [3.63, 3.8) is 0 Å². The van der Waals surface area contributed by atoms with Crippen molar-refractivity contribution >= 4 is 0 Å². The van der Waals surface area contributed by atoms with Crippen molar-refractivity contribution in [3.05, 3.63) is 58.9 Å². The molecule has 0 bridgehead atoms. The summed E-state index contributed by atoms with van der Waals surface area (Å²) < 4.78 is 151. The van der Waals surface area contributed by atoms with Crippen LogP contribution in [0.15, 0.2) is 24.3 Å². The van der Waals surface area contributed by atoms with Crippen molar-refractivity contribution in [2.24, 2.45) is 11.8 Å². The Balaban J connectivity index is 1.37. The fraction of sp³-hybridized carbons (Fsp3) is 0.556. The summed E-state index contributed by atoms with van der Waals surface area (Å²) in [5.41, 5.74) is -2.07. The monoisotopic (exact) mass is 602 g/mol. The third-order valence-corrected chi connectivity index (χ3v) is 6.86. The predicted octanol–water partition coefficient (Wildman–Crippen LogP) is 7.46. The first-order valence-electron chi connectivity index (χ1n) is 12.9. The van der Waals surface area contributed by atoms with E-state index < -0.39 is 64.7 Å². The van der Waals surface area contributed by atoms with Gasteiger partial charge in [0.25, 0.3) is 6.29 Å². The second-order valence-electron chi connectivity index (χ2n) is 9.96. The number of benzene rings is 2. The molecular formula is C27H27F9O5. The Morgan fingerprint density at radius 1 is 0.756 bits per heavy atom. The summed E-state index contributed by atoms with van der Waals surface area (Å²) in [4.78, 5) is 0. The number of rotatable bonds is 10. The third kappa shape index (κ3) is 7.39. The maximum Gasteiger partial charge on any atom is 0.451 e. The fourth-order valence-corrected chi connectivity index (χ4v) is 4.73. The molecule has 0 N–H and O–H groups in total. The van der Waals surface area contributed by atoms with E-state index in [1.165, 1.54) is 0 Å². The van der Waals surface area contributed by atoms with Crippen LogP contribution in [-0.2, 0) is 20.3 Å². The van der Waals surface area contributed by atoms with Crippen LogP contribution in [0.5, 0.6) is 11.5 Å². The summed E-state index contributed by atoms with van der Waals surface area (Å²) in [7, 11) is 0. The van der Waals surface area contributed by atoms with Gasteiger partial charge in [0.15, 0.2) is 17.5 Å². The summed E-state index contributed by atoms with van der Waals surface area (Å²) in [5.74, 6) is -12.3. The highest BCUT2D eigenvalue weighted by molar-refractivity contribution is 5.34. The SMILES string of the molecule is CCCCC1CCC(C2COC(C(F)(F)Oc3cc(F)c(C(F)(F)Oc4cc(F)c(F)c(F)c4)c(F)c3)OC2)OC1. The molecule has 0 aliphatic carbocycles. The van der Waals surface area contributed by atoms with Crippen molar-refractivity contribution in [1.29, 1.82) is 0 Å². The molecule has 4 rings (SSSR count). The van der Waals surface area contributed by atoms with E-state index in [0.29, 0.717) is 18.9 Å². The molecule has 0 amide bonds. The zero-order valence-corrected chi connectivity index (χ0v) is 21.7. The number of ether oxygens (including phenoxy) is 5. The number of unbranched alkanes of at least 4 members (excludes halogenated alkanes) is 1. The van der Waals surface area contributed by atoms with Gasteiger partial charge in [-0.15, -0.1) is 0 Å². The van der Waals surface area contributed by atoms with Crippen LogP contribution in [0.1, 0.15) is 44.6 Å². The Hall–Kier alpha value is -2.71. The second kappa shape index (κ2) is 12.7. The lowest BCUT2D eigenvalue weighted by Gasteiger charge is -2.39. The normalized spacial score (nSPS) is 23.9. The Labute approximate surface area is 229 Å². The van der Waals surface area contributed by atoms with Gasteiger partial charge in [-0.3, -0.25) is 0 Å². The highest BCUT2D eigenvalue weighted by Gasteiger charge is 2.49. The first-order chi connectivity index (χ1) is 19.3. The van der Waals surface area contributed by atoms with Gasteiger partial charge in [0, 0.05) is 36.8 Å². The Kier molecular flexibility index (Phi) is 9.64. The third-order valence-electron chi connectivity index (χ3n) is 6.86. The molecule has 2 heterocycles. The van der Waals surface area contributed by atoms with Gasteiger partial charge in [0.2, 0.25) is 0 Å². The molecule has 14 heteroatoms. The van der Waals surface area contributed by atoms with Crippen molar-refractivity contribution in [3.8, 4) is 11.5 Å². The van der Waals surface area contributed by atoms with Crippen molar-refractivity contribution in [2.45, 2.75) is 63.6 Å². The van der Waals surface area contributed by atoms with E-state index in [1.807, 2.05) is 0 Å². The van der Waals surface area contributed by atoms with Crippen LogP contribution >= 0.6 is 0 Å². The molecule has 0 aromatic heterocycles. The van der Waals surface area contributed by atoms with E-state index in [-0.39, 0.29) is 49.5 Å². The fourth-order valence-electron chi connectivity index (χ4n) is 4.73. The molecule has 2 saturated heterocycles. The standard InChI is InChI=1S/C27H27F9O5/c1-2-3-4-14-5-6-22(37-11-14)15-12-38-25(39-13-15)27(35,36)41-16-7-18(28)23(19(29)8-16)26(33,34)40-17-9-20(30)24(32)21(31)10-17/h7-10,14-15,22,25H,2-6,11-13H2,1H3. The molecule has 2 unspecified atom stereocenters. The Morgan fingerprint density at radius 2 is 1.32 bits per heavy atom. The van der Waals surface area contributed by atoms with E-state index >= 15 is 0 Å². The Morgan fingerprint density at radius 3 is 1.85 bits per heavy atom. The molecule has 41 heavy (non-hydrogen) atoms. The van der Waals surface area contributed by atoms with Gasteiger partial charge < -0.3 is 23.7 Å². The minimum absolute atomic E-state index is 0.0274. The Bertz CT molecular complexity index is 1150. The molecule has 228 valence electrons. The molecule has 2 aromatic rings. The van der Waals surface area contributed by atoms with Crippen LogP contribution in [0.3, 0.4) is 0 Å². The first-order valence-corrected chi connectivity index (χ1v) is 12.9. The van der Waals surface area contributed by atoms with Crippen LogP contribution in [0.25, 0.3) is 0 Å². The van der Waals surface area contributed by atoms with Crippen LogP contribution in [0.2, 0.25) is 0 Å². The minimum atomic E-state index is -4.90. The lowest BCUT2D eigenvalue weighted by molar-refractivity contribution is -0.356. The van der Waals surface area contributed by atoms with Gasteiger partial charge in [-0.05, 0) is 25.2 Å². The van der Waals surface area contributed by atoms with E-state index in [2.05, 4.69) is 16.4 Å². The van der Waals surface area contributed by atoms with Gasteiger partial charge in [-0.2, -0.15) is 17.6 Å². The molecule has 5 nitrogen and oxygen atoms in total. The molecule has 0 spiro atoms. The van der Waals surface area contributed by atoms with Crippen LogP contribution in [0.4, 0.5) is 39.5 Å². The van der Waals surface area contributed by atoms with Crippen LogP contribution < -0.4 is 9.47 Å². The van der Waals surface area contributed by atoms with Crippen molar-refractivity contribution in [1.82, 2.24) is 0 Å². The second-order valence-corrected chi connectivity index (χ2v) is 9.96. The van der Waals surface area contributed by atoms with Gasteiger partial charge in [-0.25, -0.2) is 22.0 Å². The van der Waals surface area contributed by atoms with Crippen molar-refractivity contribution < 1.29 is 63.2 Å². The zero-order valence-electron chi connectivity index (χ0n) is 21.7. The first kappa shape index (κ1) is 31.2. The van der Waals surface area contributed by atoms with Gasteiger partial charge >= 0.3 is 12.2 Å². The average Bonchev–Trinajstić information content (AvgIpc) is 2.90. The predicted molar refractivity (Wildman–Crippen MR) is 124 cm³/mol. The molecule has 2 aliphatic rings. The summed E-state index contributed by atoms with van der Waals surface area (Å²) in [5, 5.41) is 0. The van der Waals surface area contributed by atoms with Gasteiger partial charge in [-0.1, -0.05) is 19.8 Å². The maximum atomic E-state index is 14.7. The van der Waals surface area contributed by atoms with E-state index in [9.17, 15) is 39.5 Å². The highest BCUT2D eigenvalue weighted by atomic mass is 19.3. The molecule has 0 saturated carbocycles. The molecule has 2 aliphatic heterocycles. The molecule has 2 aromatic carbocycles. The number of alkyl halides is 4. The largest absolute Gasteiger partial charge is 0.451 e. The smallest absolute Gasteiger partial charge is 0.429 e. The molecule has 2 fully saturated rings. The van der Waals surface area contributed by atoms with E-state index in [1.54, 1.807) is 0 Å². The summed E-state index contributed by atoms with van der Waals surface area (Å²) in [6, 6.07) is 0.122. The lowest BCUT2D eigenvalue weighted by atomic mass is 9.89. The summed E-state index contributed by atoms with van der Waals surface area (Å²) in [6.45, 7) is 2.33. The maximum absolute atomic E-state index is 14.7. The topological polar surface area (TPSA) is 46.2 Å². The van der Waals surface area contributed by atoms with Crippen molar-refractivity contribution in [2.75, 3.05) is 19.8 Å². The molecular weight excluding hydrogens is 575 g/mol. The molecule has 2 atom stereocenters. The lowest BCUT2D eigenvalue weighted by Crippen LogP contribution is -2.50. The summed E-state index contributed by atoms with van der Waals surface area (Å²) >= 11 is 0. The van der Waals surface area contributed by atoms with Crippen LogP contribution in [0, 0.1) is 40.9 Å². The van der Waals surface area contributed by atoms with Gasteiger partial charge in [0.1, 0.15) is 28.7 Å². The van der Waals surface area contributed by atoms with E-state index in [0.717, 1.165) is 25.7 Å². The van der Waals surface area contributed by atoms with Gasteiger partial charge in [0.05, 0.1) is 19.3 Å². The zero-order chi connectivity index (χ0) is 29.9. The minimum Gasteiger partial charge on any atom is -0.429 e. The number of hydrogen-bond donors (Lipinski definition) is 0. The highest BCUT2D eigenvalue weighted by Crippen LogP contribution is 2.39. The molecule has 0 radical (unpaired) electrons.